The van der Waals surface area contributed by atoms with Crippen molar-refractivity contribution in [3.8, 4) is 0 Å². The molecule has 0 aliphatic rings. The van der Waals surface area contributed by atoms with E-state index in [1.807, 2.05) is 13.8 Å². The fourth-order valence-corrected chi connectivity index (χ4v) is 1.04. The molecular weight excluding hydrogens is 169 g/mol. The summed E-state index contributed by atoms with van der Waals surface area (Å²) in [6.45, 7) is 7.26. The van der Waals surface area contributed by atoms with Gasteiger partial charge in [-0.3, -0.25) is 0 Å². The molecule has 1 atom stereocenters. The van der Waals surface area contributed by atoms with Gasteiger partial charge >= 0.3 is 0 Å². The zero-order valence-corrected chi connectivity index (χ0v) is 8.50. The minimum absolute atomic E-state index is 0.285. The van der Waals surface area contributed by atoms with Crippen molar-refractivity contribution in [3.05, 3.63) is 29.3 Å². The predicted molar refractivity (Wildman–Crippen MR) is 50.9 cm³/mol. The first kappa shape index (κ1) is 12.0. The highest BCUT2D eigenvalue weighted by Gasteiger charge is 2.10. The summed E-state index contributed by atoms with van der Waals surface area (Å²) in [5, 5.41) is 9.11. The van der Waals surface area contributed by atoms with Gasteiger partial charge in [0.1, 0.15) is 0 Å². The topological polar surface area (TPSA) is 33.1 Å². The lowest BCUT2D eigenvalue weighted by Gasteiger charge is -2.07. The number of aryl methyl sites for hydroxylation is 1. The summed E-state index contributed by atoms with van der Waals surface area (Å²) >= 11 is 0. The summed E-state index contributed by atoms with van der Waals surface area (Å²) < 4.78 is 12.8. The molecule has 3 heteroatoms. The summed E-state index contributed by atoms with van der Waals surface area (Å²) in [6, 6.07) is 1.67. The Kier molecular flexibility index (Phi) is 5.23. The van der Waals surface area contributed by atoms with Crippen LogP contribution in [0.5, 0.6) is 0 Å². The van der Waals surface area contributed by atoms with Gasteiger partial charge in [-0.2, -0.15) is 4.39 Å². The second-order valence-electron chi connectivity index (χ2n) is 2.51. The van der Waals surface area contributed by atoms with Crippen LogP contribution in [-0.4, -0.2) is 10.1 Å². The molecule has 0 aromatic carbocycles. The second kappa shape index (κ2) is 5.65. The third kappa shape index (κ3) is 3.11. The van der Waals surface area contributed by atoms with Crippen molar-refractivity contribution < 1.29 is 9.50 Å². The Morgan fingerprint density at radius 2 is 2.00 bits per heavy atom. The molecule has 13 heavy (non-hydrogen) atoms. The van der Waals surface area contributed by atoms with Crippen molar-refractivity contribution in [1.29, 1.82) is 0 Å². The normalized spacial score (nSPS) is 11.5. The molecule has 1 unspecified atom stereocenters. The van der Waals surface area contributed by atoms with Crippen LogP contribution in [0.15, 0.2) is 12.3 Å². The maximum Gasteiger partial charge on any atom is 0.218 e. The number of nitrogens with zero attached hydrogens (tertiary/aromatic N) is 1. The third-order valence-electron chi connectivity index (χ3n) is 1.58. The molecule has 1 rings (SSSR count). The van der Waals surface area contributed by atoms with E-state index in [4.69, 9.17) is 5.11 Å². The molecule has 0 saturated carbocycles. The van der Waals surface area contributed by atoms with Crippen LogP contribution in [-0.2, 0) is 0 Å². The van der Waals surface area contributed by atoms with Crippen LogP contribution in [0.3, 0.4) is 0 Å². The highest BCUT2D eigenvalue weighted by Crippen LogP contribution is 2.18. The number of aliphatic hydroxyl groups is 1. The summed E-state index contributed by atoms with van der Waals surface area (Å²) in [7, 11) is 0. The molecule has 1 aromatic rings. The van der Waals surface area contributed by atoms with Gasteiger partial charge in [-0.15, -0.1) is 0 Å². The van der Waals surface area contributed by atoms with E-state index in [1.165, 1.54) is 13.1 Å². The number of halogens is 1. The molecule has 0 amide bonds. The van der Waals surface area contributed by atoms with Crippen LogP contribution >= 0.6 is 0 Å². The Hall–Kier alpha value is -0.960. The number of aliphatic hydroxyl groups excluding tert-OH is 1. The van der Waals surface area contributed by atoms with Gasteiger partial charge < -0.3 is 5.11 Å². The molecule has 2 nitrogen and oxygen atoms in total. The standard InChI is InChI=1S/C8H10FNO.C2H6/c1-5-3-4-10-8(9)7(5)6(2)11;1-2/h3-4,6,11H,1-2H3;1-2H3. The molecular formula is C10H16FNO. The van der Waals surface area contributed by atoms with Gasteiger partial charge in [0, 0.05) is 11.8 Å². The summed E-state index contributed by atoms with van der Waals surface area (Å²) in [5.74, 6) is -0.583. The number of hydrogen-bond acceptors (Lipinski definition) is 2. The van der Waals surface area contributed by atoms with E-state index in [0.717, 1.165) is 5.56 Å². The fourth-order valence-electron chi connectivity index (χ4n) is 1.04. The zero-order valence-electron chi connectivity index (χ0n) is 8.50. The first-order chi connectivity index (χ1) is 6.13. The van der Waals surface area contributed by atoms with Crippen molar-refractivity contribution in [3.63, 3.8) is 0 Å². The van der Waals surface area contributed by atoms with E-state index >= 15 is 0 Å². The van der Waals surface area contributed by atoms with Crippen LogP contribution in [0.25, 0.3) is 0 Å². The van der Waals surface area contributed by atoms with Crippen molar-refractivity contribution in [2.24, 2.45) is 0 Å². The van der Waals surface area contributed by atoms with Gasteiger partial charge in [-0.1, -0.05) is 13.8 Å². The van der Waals surface area contributed by atoms with Gasteiger partial charge in [-0.05, 0) is 25.5 Å². The molecule has 0 spiro atoms. The van der Waals surface area contributed by atoms with Gasteiger partial charge in [-0.25, -0.2) is 4.98 Å². The summed E-state index contributed by atoms with van der Waals surface area (Å²) in [6.07, 6.45) is 0.597. The Morgan fingerprint density at radius 3 is 2.31 bits per heavy atom. The van der Waals surface area contributed by atoms with E-state index in [0.29, 0.717) is 0 Å². The molecule has 0 saturated heterocycles. The number of hydrogen-bond donors (Lipinski definition) is 1. The van der Waals surface area contributed by atoms with Gasteiger partial charge in [0.25, 0.3) is 0 Å². The molecule has 0 radical (unpaired) electrons. The van der Waals surface area contributed by atoms with E-state index < -0.39 is 12.1 Å². The smallest absolute Gasteiger partial charge is 0.218 e. The lowest BCUT2D eigenvalue weighted by molar-refractivity contribution is 0.192. The van der Waals surface area contributed by atoms with Crippen molar-refractivity contribution in [2.75, 3.05) is 0 Å². The number of aromatic nitrogens is 1. The largest absolute Gasteiger partial charge is 0.389 e. The Balaban J connectivity index is 0.000000671. The quantitative estimate of drug-likeness (QED) is 0.682. The molecule has 0 aliphatic heterocycles. The summed E-state index contributed by atoms with van der Waals surface area (Å²) in [4.78, 5) is 3.43. The third-order valence-corrected chi connectivity index (χ3v) is 1.58. The molecule has 1 aromatic heterocycles. The van der Waals surface area contributed by atoms with E-state index in [1.54, 1.807) is 13.0 Å². The van der Waals surface area contributed by atoms with E-state index in [-0.39, 0.29) is 5.56 Å². The average Bonchev–Trinajstić information content (AvgIpc) is 2.07. The first-order valence-electron chi connectivity index (χ1n) is 4.42. The molecule has 0 fully saturated rings. The average molecular weight is 185 g/mol. The Labute approximate surface area is 78.4 Å². The molecule has 1 N–H and O–H groups in total. The monoisotopic (exact) mass is 185 g/mol. The summed E-state index contributed by atoms with van der Waals surface area (Å²) in [5.41, 5.74) is 1.01. The van der Waals surface area contributed by atoms with Crippen molar-refractivity contribution >= 4 is 0 Å². The molecule has 0 aliphatic carbocycles. The highest BCUT2D eigenvalue weighted by molar-refractivity contribution is 5.24. The van der Waals surface area contributed by atoms with Crippen LogP contribution in [0.4, 0.5) is 4.39 Å². The van der Waals surface area contributed by atoms with Gasteiger partial charge in [0.15, 0.2) is 0 Å². The lowest BCUT2D eigenvalue weighted by Crippen LogP contribution is -2.00. The molecule has 1 heterocycles. The molecule has 74 valence electrons. The number of pyridine rings is 1. The molecule has 0 bridgehead atoms. The Bertz CT molecular complexity index is 241. The fraction of sp³-hybridized carbons (Fsp3) is 0.500. The zero-order chi connectivity index (χ0) is 10.4. The maximum atomic E-state index is 12.8. The SMILES string of the molecule is CC.Cc1ccnc(F)c1C(C)O. The van der Waals surface area contributed by atoms with Crippen molar-refractivity contribution in [2.45, 2.75) is 33.8 Å². The van der Waals surface area contributed by atoms with Crippen LogP contribution in [0, 0.1) is 12.9 Å². The first-order valence-corrected chi connectivity index (χ1v) is 4.42. The minimum Gasteiger partial charge on any atom is -0.389 e. The van der Waals surface area contributed by atoms with Crippen LogP contribution in [0.2, 0.25) is 0 Å². The lowest BCUT2D eigenvalue weighted by atomic mass is 10.1. The Morgan fingerprint density at radius 1 is 1.46 bits per heavy atom. The maximum absolute atomic E-state index is 12.8. The second-order valence-corrected chi connectivity index (χ2v) is 2.51. The van der Waals surface area contributed by atoms with Gasteiger partial charge in [0.2, 0.25) is 5.95 Å². The van der Waals surface area contributed by atoms with Crippen LogP contribution in [0.1, 0.15) is 38.0 Å². The van der Waals surface area contributed by atoms with Crippen LogP contribution < -0.4 is 0 Å². The van der Waals surface area contributed by atoms with E-state index in [2.05, 4.69) is 4.98 Å². The minimum atomic E-state index is -0.788. The number of rotatable bonds is 1. The highest BCUT2D eigenvalue weighted by atomic mass is 19.1. The van der Waals surface area contributed by atoms with Gasteiger partial charge in [0.05, 0.1) is 6.10 Å². The van der Waals surface area contributed by atoms with Crippen molar-refractivity contribution in [1.82, 2.24) is 4.98 Å². The van der Waals surface area contributed by atoms with E-state index in [9.17, 15) is 4.39 Å². The predicted octanol–water partition coefficient (Wildman–Crippen LogP) is 2.61.